The van der Waals surface area contributed by atoms with Crippen LogP contribution in [0.4, 0.5) is 11.4 Å². The summed E-state index contributed by atoms with van der Waals surface area (Å²) < 4.78 is 5.34. The number of pyridine rings is 1. The Kier molecular flexibility index (Phi) is 4.79. The number of hydrogen-bond donors (Lipinski definition) is 1. The van der Waals surface area contributed by atoms with Crippen LogP contribution < -0.4 is 10.2 Å². The molecule has 0 saturated carbocycles. The summed E-state index contributed by atoms with van der Waals surface area (Å²) in [6.45, 7) is 8.49. The first-order valence-electron chi connectivity index (χ1n) is 9.80. The van der Waals surface area contributed by atoms with Gasteiger partial charge < -0.3 is 14.7 Å². The van der Waals surface area contributed by atoms with Gasteiger partial charge in [-0.15, -0.1) is 0 Å². The van der Waals surface area contributed by atoms with Gasteiger partial charge in [-0.1, -0.05) is 38.1 Å². The molecule has 4 rings (SSSR count). The Hall–Kier alpha value is -2.89. The van der Waals surface area contributed by atoms with E-state index in [1.807, 2.05) is 24.3 Å². The highest BCUT2D eigenvalue weighted by molar-refractivity contribution is 6.07. The van der Waals surface area contributed by atoms with Crippen molar-refractivity contribution in [1.82, 2.24) is 10.1 Å². The molecule has 3 heterocycles. The lowest BCUT2D eigenvalue weighted by atomic mass is 9.90. The largest absolute Gasteiger partial charge is 0.370 e. The molecule has 1 saturated heterocycles. The van der Waals surface area contributed by atoms with E-state index in [1.54, 1.807) is 6.20 Å². The first-order chi connectivity index (χ1) is 13.4. The van der Waals surface area contributed by atoms with E-state index in [9.17, 15) is 4.79 Å². The first kappa shape index (κ1) is 18.5. The van der Waals surface area contributed by atoms with Crippen LogP contribution in [-0.2, 0) is 6.42 Å². The number of anilines is 2. The zero-order chi connectivity index (χ0) is 19.7. The topological polar surface area (TPSA) is 71.3 Å². The second kappa shape index (κ2) is 7.26. The van der Waals surface area contributed by atoms with Crippen LogP contribution in [0.15, 0.2) is 41.1 Å². The number of aromatic nitrogens is 2. The lowest BCUT2D eigenvalue weighted by molar-refractivity contribution is 0.102. The third-order valence-corrected chi connectivity index (χ3v) is 4.96. The van der Waals surface area contributed by atoms with Gasteiger partial charge >= 0.3 is 0 Å². The lowest BCUT2D eigenvalue weighted by Crippen LogP contribution is -2.21. The molecule has 146 valence electrons. The Morgan fingerprint density at radius 3 is 2.71 bits per heavy atom. The summed E-state index contributed by atoms with van der Waals surface area (Å²) in [5.41, 5.74) is 3.77. The fourth-order valence-corrected chi connectivity index (χ4v) is 3.64. The molecule has 0 atom stereocenters. The van der Waals surface area contributed by atoms with Gasteiger partial charge in [0, 0.05) is 19.3 Å². The Labute approximate surface area is 164 Å². The summed E-state index contributed by atoms with van der Waals surface area (Å²) in [5, 5.41) is 8.01. The SMILES string of the molecule is CC(C)(C)Cc1noc2ncc(C(=O)Nc3ccccc3N3CCCC3)cc12. The minimum atomic E-state index is -0.177. The fraction of sp³-hybridized carbons (Fsp3) is 0.409. The molecule has 0 aliphatic carbocycles. The quantitative estimate of drug-likeness (QED) is 0.715. The van der Waals surface area contributed by atoms with Crippen molar-refractivity contribution in [3.8, 4) is 0 Å². The molecule has 0 radical (unpaired) electrons. The van der Waals surface area contributed by atoms with Crippen molar-refractivity contribution < 1.29 is 9.32 Å². The molecule has 1 amide bonds. The number of carbonyl (C=O) groups is 1. The van der Waals surface area contributed by atoms with E-state index in [0.29, 0.717) is 11.3 Å². The van der Waals surface area contributed by atoms with E-state index in [2.05, 4.69) is 47.2 Å². The standard InChI is InChI=1S/C22H26N4O2/c1-22(2,3)13-18-16-12-15(14-23-21(16)28-25-18)20(27)24-17-8-4-5-9-19(17)26-10-6-7-11-26/h4-5,8-9,12,14H,6-7,10-11,13H2,1-3H3,(H,24,27). The molecule has 0 bridgehead atoms. The predicted molar refractivity (Wildman–Crippen MR) is 111 cm³/mol. The second-order valence-corrected chi connectivity index (χ2v) is 8.61. The molecular weight excluding hydrogens is 352 g/mol. The van der Waals surface area contributed by atoms with Crippen molar-refractivity contribution in [2.24, 2.45) is 5.41 Å². The molecule has 1 aliphatic heterocycles. The minimum absolute atomic E-state index is 0.0662. The summed E-state index contributed by atoms with van der Waals surface area (Å²) in [6.07, 6.45) is 4.67. The zero-order valence-corrected chi connectivity index (χ0v) is 16.7. The van der Waals surface area contributed by atoms with Crippen LogP contribution in [0.2, 0.25) is 0 Å². The predicted octanol–water partition coefficient (Wildman–Crippen LogP) is 4.66. The maximum atomic E-state index is 12.9. The molecule has 1 aliphatic rings. The van der Waals surface area contributed by atoms with E-state index in [1.165, 1.54) is 12.8 Å². The van der Waals surface area contributed by atoms with Gasteiger partial charge in [0.15, 0.2) is 0 Å². The zero-order valence-electron chi connectivity index (χ0n) is 16.7. The summed E-state index contributed by atoms with van der Waals surface area (Å²) in [5.74, 6) is -0.177. The van der Waals surface area contributed by atoms with Crippen molar-refractivity contribution in [3.63, 3.8) is 0 Å². The first-order valence-corrected chi connectivity index (χ1v) is 9.80. The Balaban J connectivity index is 1.60. The molecule has 1 aromatic carbocycles. The van der Waals surface area contributed by atoms with Gasteiger partial charge in [0.25, 0.3) is 11.6 Å². The highest BCUT2D eigenvalue weighted by Gasteiger charge is 2.20. The van der Waals surface area contributed by atoms with E-state index in [-0.39, 0.29) is 11.3 Å². The van der Waals surface area contributed by atoms with E-state index in [0.717, 1.165) is 42.0 Å². The van der Waals surface area contributed by atoms with Crippen LogP contribution in [0.25, 0.3) is 11.1 Å². The van der Waals surface area contributed by atoms with Crippen molar-refractivity contribution in [3.05, 3.63) is 47.8 Å². The molecule has 6 heteroatoms. The maximum Gasteiger partial charge on any atom is 0.257 e. The number of fused-ring (bicyclic) bond motifs is 1. The monoisotopic (exact) mass is 378 g/mol. The van der Waals surface area contributed by atoms with Gasteiger partial charge in [0.2, 0.25) is 0 Å². The van der Waals surface area contributed by atoms with Crippen molar-refractivity contribution in [1.29, 1.82) is 0 Å². The van der Waals surface area contributed by atoms with E-state index < -0.39 is 0 Å². The molecule has 6 nitrogen and oxygen atoms in total. The average Bonchev–Trinajstić information content (AvgIpc) is 3.31. The Morgan fingerprint density at radius 2 is 1.96 bits per heavy atom. The Morgan fingerprint density at radius 1 is 1.21 bits per heavy atom. The third kappa shape index (κ3) is 3.86. The molecule has 0 unspecified atom stereocenters. The van der Waals surface area contributed by atoms with Crippen LogP contribution in [0, 0.1) is 5.41 Å². The fourth-order valence-electron chi connectivity index (χ4n) is 3.64. The number of hydrogen-bond acceptors (Lipinski definition) is 5. The normalized spacial score (nSPS) is 14.6. The molecule has 3 aromatic rings. The van der Waals surface area contributed by atoms with Gasteiger partial charge in [0.05, 0.1) is 28.0 Å². The van der Waals surface area contributed by atoms with Crippen LogP contribution >= 0.6 is 0 Å². The van der Waals surface area contributed by atoms with Crippen molar-refractivity contribution in [2.75, 3.05) is 23.3 Å². The molecule has 1 fully saturated rings. The number of carbonyl (C=O) groups excluding carboxylic acids is 1. The number of amides is 1. The number of nitrogens with zero attached hydrogens (tertiary/aromatic N) is 3. The number of rotatable bonds is 4. The molecule has 28 heavy (non-hydrogen) atoms. The molecule has 0 spiro atoms. The summed E-state index contributed by atoms with van der Waals surface area (Å²) >= 11 is 0. The highest BCUT2D eigenvalue weighted by Crippen LogP contribution is 2.30. The van der Waals surface area contributed by atoms with E-state index in [4.69, 9.17) is 4.52 Å². The van der Waals surface area contributed by atoms with Gasteiger partial charge in [-0.05, 0) is 42.9 Å². The third-order valence-electron chi connectivity index (χ3n) is 4.96. The second-order valence-electron chi connectivity index (χ2n) is 8.61. The number of benzene rings is 1. The molecule has 2 aromatic heterocycles. The van der Waals surface area contributed by atoms with Crippen LogP contribution in [0.1, 0.15) is 49.7 Å². The van der Waals surface area contributed by atoms with Crippen LogP contribution in [0.3, 0.4) is 0 Å². The summed E-state index contributed by atoms with van der Waals surface area (Å²) in [7, 11) is 0. The minimum Gasteiger partial charge on any atom is -0.370 e. The van der Waals surface area contributed by atoms with Crippen LogP contribution in [0.5, 0.6) is 0 Å². The number of para-hydroxylation sites is 2. The summed E-state index contributed by atoms with van der Waals surface area (Å²) in [6, 6.07) is 9.78. The van der Waals surface area contributed by atoms with Crippen LogP contribution in [-0.4, -0.2) is 29.1 Å². The number of nitrogens with one attached hydrogen (secondary N) is 1. The van der Waals surface area contributed by atoms with Gasteiger partial charge in [-0.3, -0.25) is 4.79 Å². The average molecular weight is 378 g/mol. The summed E-state index contributed by atoms with van der Waals surface area (Å²) in [4.78, 5) is 19.5. The van der Waals surface area contributed by atoms with Gasteiger partial charge in [0.1, 0.15) is 0 Å². The molecular formula is C22H26N4O2. The smallest absolute Gasteiger partial charge is 0.257 e. The lowest BCUT2D eigenvalue weighted by Gasteiger charge is -2.21. The van der Waals surface area contributed by atoms with Gasteiger partial charge in [-0.25, -0.2) is 4.98 Å². The van der Waals surface area contributed by atoms with Crippen molar-refractivity contribution in [2.45, 2.75) is 40.0 Å². The van der Waals surface area contributed by atoms with Gasteiger partial charge in [-0.2, -0.15) is 0 Å². The maximum absolute atomic E-state index is 12.9. The highest BCUT2D eigenvalue weighted by atomic mass is 16.5. The molecule has 1 N–H and O–H groups in total. The Bertz CT molecular complexity index is 997. The van der Waals surface area contributed by atoms with E-state index >= 15 is 0 Å². The van der Waals surface area contributed by atoms with Crippen molar-refractivity contribution >= 4 is 28.4 Å².